The highest BCUT2D eigenvalue weighted by Gasteiger charge is 2.37. The molecule has 0 aliphatic heterocycles. The summed E-state index contributed by atoms with van der Waals surface area (Å²) in [6, 6.07) is 137. The third kappa shape index (κ3) is 11.2. The Balaban J connectivity index is 0.598. The largest absolute Gasteiger partial charge is 0.311 e. The van der Waals surface area contributed by atoms with Crippen molar-refractivity contribution in [3.05, 3.63) is 398 Å². The first-order valence-corrected chi connectivity index (χ1v) is 34.7. The molecule has 0 unspecified atom stereocenters. The summed E-state index contributed by atoms with van der Waals surface area (Å²) in [5.74, 6) is 0. The smallest absolute Gasteiger partial charge is 0.0465 e. The molecule has 0 heterocycles. The van der Waals surface area contributed by atoms with Gasteiger partial charge in [-0.3, -0.25) is 0 Å². The summed E-state index contributed by atoms with van der Waals surface area (Å²) in [4.78, 5) is 9.43. The van der Waals surface area contributed by atoms with Crippen LogP contribution in [0.25, 0.3) is 66.8 Å². The van der Waals surface area contributed by atoms with Gasteiger partial charge in [0.15, 0.2) is 0 Å². The van der Waals surface area contributed by atoms with E-state index in [1.54, 1.807) is 0 Å². The number of anilines is 12. The van der Waals surface area contributed by atoms with Gasteiger partial charge in [-0.05, 0) is 241 Å². The molecule has 15 aromatic rings. The molecule has 0 radical (unpaired) electrons. The highest BCUT2D eigenvalue weighted by molar-refractivity contribution is 5.90. The Hall–Kier alpha value is -12.5. The second-order valence-corrected chi connectivity index (χ2v) is 27.3. The highest BCUT2D eigenvalue weighted by atomic mass is 15.2. The molecule has 0 aromatic heterocycles. The first kappa shape index (κ1) is 61.1. The maximum atomic E-state index is 2.40. The number of rotatable bonds is 16. The van der Waals surface area contributed by atoms with Gasteiger partial charge in [-0.25, -0.2) is 0 Å². The van der Waals surface area contributed by atoms with Crippen LogP contribution in [0.3, 0.4) is 0 Å². The zero-order chi connectivity index (χ0) is 67.3. The molecular formula is C96H74N4. The van der Waals surface area contributed by atoms with Crippen molar-refractivity contribution in [1.82, 2.24) is 0 Å². The normalized spacial score (nSPS) is 12.8. The minimum Gasteiger partial charge on any atom is -0.311 e. The monoisotopic (exact) mass is 1280 g/mol. The van der Waals surface area contributed by atoms with E-state index in [9.17, 15) is 0 Å². The number of nitrogens with zero attached hydrogens (tertiary/aromatic N) is 4. The maximum Gasteiger partial charge on any atom is 0.0465 e. The zero-order valence-corrected chi connectivity index (χ0v) is 56.6. The summed E-state index contributed by atoms with van der Waals surface area (Å²) in [5.41, 5.74) is 33.1. The summed E-state index contributed by atoms with van der Waals surface area (Å²) >= 11 is 0. The molecule has 4 nitrogen and oxygen atoms in total. The van der Waals surface area contributed by atoms with Crippen LogP contribution >= 0.6 is 0 Å². The van der Waals surface area contributed by atoms with Crippen LogP contribution in [0.4, 0.5) is 68.2 Å². The molecule has 0 atom stereocenters. The van der Waals surface area contributed by atoms with E-state index >= 15 is 0 Å². The number of benzene rings is 15. The second kappa shape index (κ2) is 25.5. The van der Waals surface area contributed by atoms with Crippen LogP contribution in [0, 0.1) is 0 Å². The van der Waals surface area contributed by atoms with Gasteiger partial charge in [0.2, 0.25) is 0 Å². The lowest BCUT2D eigenvalue weighted by molar-refractivity contribution is 0.660. The van der Waals surface area contributed by atoms with Gasteiger partial charge < -0.3 is 19.6 Å². The molecule has 2 aliphatic carbocycles. The molecule has 100 heavy (non-hydrogen) atoms. The van der Waals surface area contributed by atoms with Crippen LogP contribution in [-0.4, -0.2) is 0 Å². The standard InChI is InChI=1S/C96H74N4/c1-95(2)91-34-19-17-32-87(91)89-62-60-85(65-93(89)95)99(77-28-13-7-14-29-77)83-52-40-69(41-53-83)67-36-48-79(49-37-67)97(75-24-9-5-10-25-75)81-56-44-71(45-57-81)73-22-21-23-74(64-73)72-46-58-82(59-47-72)98(76-26-11-6-12-27-76)80-50-38-68(39-51-80)70-42-54-84(55-43-70)100(78-30-15-8-16-31-78)86-61-63-90-88-33-18-20-35-92(88)96(3,4)94(90)66-86/h5-66H,1-4H3. The van der Waals surface area contributed by atoms with Crippen molar-refractivity contribution in [3.63, 3.8) is 0 Å². The Morgan fingerprint density at radius 3 is 0.640 bits per heavy atom. The quantitative estimate of drug-likeness (QED) is 0.0956. The van der Waals surface area contributed by atoms with E-state index in [4.69, 9.17) is 0 Å². The predicted molar refractivity (Wildman–Crippen MR) is 422 cm³/mol. The maximum absolute atomic E-state index is 2.40. The van der Waals surface area contributed by atoms with Gasteiger partial charge in [0.25, 0.3) is 0 Å². The lowest BCUT2D eigenvalue weighted by Crippen LogP contribution is -2.16. The summed E-state index contributed by atoms with van der Waals surface area (Å²) in [6.07, 6.45) is 0. The van der Waals surface area contributed by atoms with Crippen molar-refractivity contribution in [2.24, 2.45) is 0 Å². The van der Waals surface area contributed by atoms with E-state index in [1.807, 2.05) is 0 Å². The topological polar surface area (TPSA) is 13.0 Å². The minimum absolute atomic E-state index is 0.0975. The molecule has 2 aliphatic rings. The van der Waals surface area contributed by atoms with Crippen LogP contribution in [0.15, 0.2) is 376 Å². The molecule has 15 aromatic carbocycles. The fourth-order valence-corrected chi connectivity index (χ4v) is 15.5. The van der Waals surface area contributed by atoms with E-state index in [1.165, 1.54) is 44.5 Å². The van der Waals surface area contributed by atoms with Gasteiger partial charge in [-0.2, -0.15) is 0 Å². The van der Waals surface area contributed by atoms with Crippen molar-refractivity contribution in [2.75, 3.05) is 19.6 Å². The van der Waals surface area contributed by atoms with Crippen LogP contribution in [-0.2, 0) is 10.8 Å². The Labute approximate surface area is 587 Å². The molecule has 0 fully saturated rings. The summed E-state index contributed by atoms with van der Waals surface area (Å²) in [7, 11) is 0. The minimum atomic E-state index is -0.0975. The first-order chi connectivity index (χ1) is 49.1. The molecule has 0 spiro atoms. The van der Waals surface area contributed by atoms with Crippen molar-refractivity contribution in [2.45, 2.75) is 38.5 Å². The lowest BCUT2D eigenvalue weighted by atomic mass is 9.82. The van der Waals surface area contributed by atoms with Crippen LogP contribution < -0.4 is 19.6 Å². The van der Waals surface area contributed by atoms with E-state index in [0.29, 0.717) is 0 Å². The van der Waals surface area contributed by atoms with E-state index in [0.717, 1.165) is 113 Å². The van der Waals surface area contributed by atoms with Gasteiger partial charge in [0, 0.05) is 79.1 Å². The third-order valence-corrected chi connectivity index (χ3v) is 20.7. The van der Waals surface area contributed by atoms with Gasteiger partial charge in [0.05, 0.1) is 0 Å². The molecule has 0 bridgehead atoms. The summed E-state index contributed by atoms with van der Waals surface area (Å²) in [6.45, 7) is 9.39. The fraction of sp³-hybridized carbons (Fsp3) is 0.0625. The van der Waals surface area contributed by atoms with E-state index < -0.39 is 0 Å². The van der Waals surface area contributed by atoms with Crippen LogP contribution in [0.1, 0.15) is 49.9 Å². The molecule has 0 N–H and O–H groups in total. The Bertz CT molecular complexity index is 5080. The Kier molecular flexibility index (Phi) is 15.6. The average Bonchev–Trinajstić information content (AvgIpc) is 1.58. The number of hydrogen-bond donors (Lipinski definition) is 0. The van der Waals surface area contributed by atoms with Gasteiger partial charge in [-0.15, -0.1) is 0 Å². The van der Waals surface area contributed by atoms with Crippen molar-refractivity contribution < 1.29 is 0 Å². The van der Waals surface area contributed by atoms with Crippen molar-refractivity contribution >= 4 is 68.2 Å². The zero-order valence-electron chi connectivity index (χ0n) is 56.6. The number of hydrogen-bond acceptors (Lipinski definition) is 4. The van der Waals surface area contributed by atoms with Crippen LogP contribution in [0.2, 0.25) is 0 Å². The van der Waals surface area contributed by atoms with E-state index in [2.05, 4.69) is 423 Å². The van der Waals surface area contributed by atoms with E-state index in [-0.39, 0.29) is 10.8 Å². The number of fused-ring (bicyclic) bond motifs is 6. The second-order valence-electron chi connectivity index (χ2n) is 27.3. The first-order valence-electron chi connectivity index (χ1n) is 34.7. The SMILES string of the molecule is CC1(C)c2ccccc2-c2ccc(N(c3ccccc3)c3ccc(-c4ccc(N(c5ccccc5)c5ccc(-c6cccc(-c7ccc(N(c8ccccc8)c8ccc(-c9ccc(N(c%10ccccc%10)c%10ccc%11c(c%10)C(C)(C)c%10ccccc%10-%11)cc9)cc8)cc7)c6)cc5)cc4)cc3)cc21. The third-order valence-electron chi connectivity index (χ3n) is 20.7. The van der Waals surface area contributed by atoms with Crippen molar-refractivity contribution in [1.29, 1.82) is 0 Å². The fourth-order valence-electron chi connectivity index (χ4n) is 15.5. The van der Waals surface area contributed by atoms with Gasteiger partial charge in [0.1, 0.15) is 0 Å². The molecule has 4 heteroatoms. The van der Waals surface area contributed by atoms with Crippen LogP contribution in [0.5, 0.6) is 0 Å². The number of para-hydroxylation sites is 4. The predicted octanol–water partition coefficient (Wildman–Crippen LogP) is 26.8. The molecule has 478 valence electrons. The molecule has 0 saturated carbocycles. The summed E-state index contributed by atoms with van der Waals surface area (Å²) in [5, 5.41) is 0. The van der Waals surface area contributed by atoms with Gasteiger partial charge in [-0.1, -0.05) is 252 Å². The van der Waals surface area contributed by atoms with Gasteiger partial charge >= 0.3 is 0 Å². The molecule has 0 saturated heterocycles. The molecule has 17 rings (SSSR count). The molecular weight excluding hydrogens is 1210 g/mol. The highest BCUT2D eigenvalue weighted by Crippen LogP contribution is 2.53. The average molecular weight is 1280 g/mol. The lowest BCUT2D eigenvalue weighted by Gasteiger charge is -2.28. The van der Waals surface area contributed by atoms with Crippen molar-refractivity contribution in [3.8, 4) is 66.8 Å². The molecule has 0 amide bonds. The summed E-state index contributed by atoms with van der Waals surface area (Å²) < 4.78 is 0. The Morgan fingerprint density at radius 1 is 0.150 bits per heavy atom. The Morgan fingerprint density at radius 2 is 0.360 bits per heavy atom.